The number of hydrogen-bond acceptors (Lipinski definition) is 3. The van der Waals surface area contributed by atoms with Crippen molar-refractivity contribution in [2.75, 3.05) is 13.2 Å². The van der Waals surface area contributed by atoms with Crippen molar-refractivity contribution in [1.82, 2.24) is 0 Å². The number of rotatable bonds is 8. The molecule has 0 aromatic heterocycles. The van der Waals surface area contributed by atoms with Crippen molar-refractivity contribution in [2.24, 2.45) is 0 Å². The van der Waals surface area contributed by atoms with E-state index in [2.05, 4.69) is 33.9 Å². The Morgan fingerprint density at radius 1 is 1.00 bits per heavy atom. The van der Waals surface area contributed by atoms with Crippen LogP contribution in [0.25, 0.3) is 0 Å². The average Bonchev–Trinajstić information content (AvgIpc) is 2.46. The molecule has 0 aliphatic heterocycles. The molecule has 1 aromatic carbocycles. The van der Waals surface area contributed by atoms with Gasteiger partial charge in [0.2, 0.25) is 8.32 Å². The van der Waals surface area contributed by atoms with Gasteiger partial charge in [-0.25, -0.2) is 0 Å². The molecule has 0 heterocycles. The second kappa shape index (κ2) is 8.96. The molecule has 156 valence electrons. The van der Waals surface area contributed by atoms with Gasteiger partial charge in [0.05, 0.1) is 0 Å². The third-order valence-corrected chi connectivity index (χ3v) is 9.36. The molecule has 0 spiro atoms. The Labute approximate surface area is 162 Å². The lowest BCUT2D eigenvalue weighted by Gasteiger charge is -2.36. The maximum absolute atomic E-state index is 12.5. The number of aryl methyl sites for hydroxylation is 2. The highest BCUT2D eigenvalue weighted by Gasteiger charge is 2.39. The predicted octanol–water partition coefficient (Wildman–Crippen LogP) is 6.17. The highest BCUT2D eigenvalue weighted by molar-refractivity contribution is 6.74. The highest BCUT2D eigenvalue weighted by Crippen LogP contribution is 2.38. The molecule has 27 heavy (non-hydrogen) atoms. The minimum absolute atomic E-state index is 0.0823. The summed E-state index contributed by atoms with van der Waals surface area (Å²) in [5, 5.41) is 0.0823. The Morgan fingerprint density at radius 3 is 1.93 bits per heavy atom. The molecule has 0 aliphatic carbocycles. The van der Waals surface area contributed by atoms with E-state index in [1.54, 1.807) is 6.92 Å². The van der Waals surface area contributed by atoms with Crippen LogP contribution in [0.2, 0.25) is 18.1 Å². The summed E-state index contributed by atoms with van der Waals surface area (Å²) in [6.45, 7) is 15.5. The molecular formula is C20H33F3O3Si. The van der Waals surface area contributed by atoms with Gasteiger partial charge in [0.25, 0.3) is 0 Å². The van der Waals surface area contributed by atoms with Gasteiger partial charge in [-0.2, -0.15) is 13.2 Å². The summed E-state index contributed by atoms with van der Waals surface area (Å²) in [5.74, 6) is 0.810. The Kier molecular flexibility index (Phi) is 7.96. The number of ether oxygens (including phenoxy) is 2. The molecule has 1 aromatic rings. The zero-order valence-corrected chi connectivity index (χ0v) is 18.7. The molecule has 3 nitrogen and oxygen atoms in total. The zero-order valence-electron chi connectivity index (χ0n) is 17.7. The summed E-state index contributed by atoms with van der Waals surface area (Å²) in [5.41, 5.74) is 2.85. The van der Waals surface area contributed by atoms with Crippen LogP contribution in [0.4, 0.5) is 13.2 Å². The minimum atomic E-state index is -4.37. The summed E-state index contributed by atoms with van der Waals surface area (Å²) < 4.78 is 54.1. The standard InChI is InChI=1S/C20H33F3O3Si/c1-9-24-18(25-13-20(21,22)23)12-17-14(2)10-16(11-15(17)3)26-27(7,8)19(4,5)6/h10-11,18H,9,12-13H2,1-8H3. The van der Waals surface area contributed by atoms with E-state index in [4.69, 9.17) is 13.9 Å². The first-order chi connectivity index (χ1) is 12.2. The summed E-state index contributed by atoms with van der Waals surface area (Å²) >= 11 is 0. The van der Waals surface area contributed by atoms with Crippen LogP contribution < -0.4 is 4.43 Å². The van der Waals surface area contributed by atoms with Crippen molar-refractivity contribution >= 4 is 8.32 Å². The Balaban J connectivity index is 2.99. The minimum Gasteiger partial charge on any atom is -0.543 e. The van der Waals surface area contributed by atoms with E-state index in [1.807, 2.05) is 26.0 Å². The van der Waals surface area contributed by atoms with Crippen LogP contribution in [0.3, 0.4) is 0 Å². The molecule has 0 bridgehead atoms. The van der Waals surface area contributed by atoms with Crippen LogP contribution in [-0.4, -0.2) is 34.0 Å². The van der Waals surface area contributed by atoms with Crippen molar-refractivity contribution in [3.05, 3.63) is 28.8 Å². The molecular weight excluding hydrogens is 373 g/mol. The maximum atomic E-state index is 12.5. The normalized spacial score (nSPS) is 14.3. The topological polar surface area (TPSA) is 27.7 Å². The van der Waals surface area contributed by atoms with Crippen LogP contribution >= 0.6 is 0 Å². The predicted molar refractivity (Wildman–Crippen MR) is 105 cm³/mol. The van der Waals surface area contributed by atoms with Crippen LogP contribution in [0.5, 0.6) is 5.75 Å². The first-order valence-electron chi connectivity index (χ1n) is 9.25. The van der Waals surface area contributed by atoms with Gasteiger partial charge in [-0.1, -0.05) is 20.8 Å². The van der Waals surface area contributed by atoms with E-state index in [0.717, 1.165) is 22.4 Å². The van der Waals surface area contributed by atoms with Crippen molar-refractivity contribution in [2.45, 2.75) is 78.6 Å². The Hall–Kier alpha value is -1.05. The van der Waals surface area contributed by atoms with Gasteiger partial charge < -0.3 is 13.9 Å². The highest BCUT2D eigenvalue weighted by atomic mass is 28.4. The molecule has 0 amide bonds. The van der Waals surface area contributed by atoms with Gasteiger partial charge >= 0.3 is 6.18 Å². The smallest absolute Gasteiger partial charge is 0.411 e. The fraction of sp³-hybridized carbons (Fsp3) is 0.700. The molecule has 7 heteroatoms. The van der Waals surface area contributed by atoms with Crippen molar-refractivity contribution in [3.8, 4) is 5.75 Å². The zero-order chi connectivity index (χ0) is 21.0. The third kappa shape index (κ3) is 7.47. The summed E-state index contributed by atoms with van der Waals surface area (Å²) in [6.07, 6.45) is -5.04. The lowest BCUT2D eigenvalue weighted by molar-refractivity contribution is -0.227. The SMILES string of the molecule is CCOC(Cc1c(C)cc(O[Si](C)(C)C(C)(C)C)cc1C)OCC(F)(F)F. The molecule has 0 N–H and O–H groups in total. The summed E-state index contributed by atoms with van der Waals surface area (Å²) in [6, 6.07) is 3.91. The van der Waals surface area contributed by atoms with Crippen molar-refractivity contribution in [3.63, 3.8) is 0 Å². The summed E-state index contributed by atoms with van der Waals surface area (Å²) in [7, 11) is -1.96. The van der Waals surface area contributed by atoms with Gasteiger partial charge in [-0.3, -0.25) is 0 Å². The maximum Gasteiger partial charge on any atom is 0.411 e. The number of halogens is 3. The van der Waals surface area contributed by atoms with Gasteiger partial charge in [0.1, 0.15) is 12.4 Å². The molecule has 0 saturated heterocycles. The van der Waals surface area contributed by atoms with E-state index in [-0.39, 0.29) is 18.1 Å². The average molecular weight is 407 g/mol. The van der Waals surface area contributed by atoms with E-state index >= 15 is 0 Å². The van der Waals surface area contributed by atoms with E-state index < -0.39 is 27.4 Å². The lowest BCUT2D eigenvalue weighted by Crippen LogP contribution is -2.43. The van der Waals surface area contributed by atoms with Gasteiger partial charge in [-0.15, -0.1) is 0 Å². The lowest BCUT2D eigenvalue weighted by atomic mass is 9.99. The first-order valence-corrected chi connectivity index (χ1v) is 12.2. The molecule has 0 aliphatic rings. The monoisotopic (exact) mass is 406 g/mol. The molecule has 0 saturated carbocycles. The van der Waals surface area contributed by atoms with E-state index in [0.29, 0.717) is 0 Å². The van der Waals surface area contributed by atoms with Crippen LogP contribution in [0, 0.1) is 13.8 Å². The van der Waals surface area contributed by atoms with Crippen LogP contribution in [0.1, 0.15) is 44.4 Å². The van der Waals surface area contributed by atoms with Gasteiger partial charge in [-0.05, 0) is 67.7 Å². The molecule has 1 atom stereocenters. The fourth-order valence-electron chi connectivity index (χ4n) is 2.49. The fourth-order valence-corrected chi connectivity index (χ4v) is 3.50. The van der Waals surface area contributed by atoms with Gasteiger partial charge in [0, 0.05) is 13.0 Å². The van der Waals surface area contributed by atoms with E-state index in [9.17, 15) is 13.2 Å². The number of alkyl halides is 3. The Morgan fingerprint density at radius 2 is 1.52 bits per heavy atom. The van der Waals surface area contributed by atoms with Crippen LogP contribution in [-0.2, 0) is 15.9 Å². The summed E-state index contributed by atoms with van der Waals surface area (Å²) in [4.78, 5) is 0. The number of benzene rings is 1. The second-order valence-corrected chi connectivity index (χ2v) is 13.1. The Bertz CT molecular complexity index is 599. The largest absolute Gasteiger partial charge is 0.543 e. The van der Waals surface area contributed by atoms with E-state index in [1.165, 1.54) is 0 Å². The first kappa shape index (κ1) is 24.0. The quantitative estimate of drug-likeness (QED) is 0.382. The van der Waals surface area contributed by atoms with Crippen molar-refractivity contribution < 1.29 is 27.1 Å². The number of hydrogen-bond donors (Lipinski definition) is 0. The second-order valence-electron chi connectivity index (χ2n) is 8.41. The van der Waals surface area contributed by atoms with Crippen molar-refractivity contribution in [1.29, 1.82) is 0 Å². The van der Waals surface area contributed by atoms with Gasteiger partial charge in [0.15, 0.2) is 6.29 Å². The molecule has 1 rings (SSSR count). The molecule has 1 unspecified atom stereocenters. The van der Waals surface area contributed by atoms with Crippen LogP contribution in [0.15, 0.2) is 12.1 Å². The molecule has 0 radical (unpaired) electrons. The third-order valence-electron chi connectivity index (χ3n) is 5.00. The molecule has 0 fully saturated rings.